The lowest BCUT2D eigenvalue weighted by atomic mass is 10.2. The molecule has 2 aromatic heterocycles. The largest absolute Gasteiger partial charge is 0.330 e. The maximum Gasteiger partial charge on any atom is 0.160 e. The average molecular weight is 267 g/mol. The molecule has 0 fully saturated rings. The van der Waals surface area contributed by atoms with Crippen LogP contribution in [-0.4, -0.2) is 26.1 Å². The zero-order chi connectivity index (χ0) is 13.9. The molecule has 0 saturated heterocycles. The molecule has 0 unspecified atom stereocenters. The summed E-state index contributed by atoms with van der Waals surface area (Å²) < 4.78 is 3.77. The van der Waals surface area contributed by atoms with Gasteiger partial charge in [0.05, 0.1) is 11.4 Å². The van der Waals surface area contributed by atoms with Crippen LogP contribution in [0.15, 0.2) is 48.8 Å². The summed E-state index contributed by atoms with van der Waals surface area (Å²) in [6.07, 6.45) is 4.48. The van der Waals surface area contributed by atoms with Crippen molar-refractivity contribution >= 4 is 0 Å². The standard InChI is InChI=1S/C15H17N5/c1-12-14(8-9-16)15(19-11-5-10-17-19)20(18-12)13-6-3-2-4-7-13/h2-7,10-11H,8-9,16H2,1H3. The van der Waals surface area contributed by atoms with Gasteiger partial charge in [0.1, 0.15) is 0 Å². The van der Waals surface area contributed by atoms with E-state index in [-0.39, 0.29) is 0 Å². The van der Waals surface area contributed by atoms with Crippen LogP contribution in [0.25, 0.3) is 11.5 Å². The van der Waals surface area contributed by atoms with E-state index in [1.807, 2.05) is 58.9 Å². The molecular weight excluding hydrogens is 250 g/mol. The first kappa shape index (κ1) is 12.6. The molecule has 20 heavy (non-hydrogen) atoms. The van der Waals surface area contributed by atoms with Crippen molar-refractivity contribution in [1.29, 1.82) is 0 Å². The van der Waals surface area contributed by atoms with E-state index in [1.54, 1.807) is 6.20 Å². The van der Waals surface area contributed by atoms with Crippen LogP contribution in [0.1, 0.15) is 11.3 Å². The Bertz CT molecular complexity index is 683. The molecule has 5 heteroatoms. The van der Waals surface area contributed by atoms with Gasteiger partial charge in [-0.3, -0.25) is 0 Å². The number of aromatic nitrogens is 4. The third-order valence-electron chi connectivity index (χ3n) is 3.27. The first-order chi connectivity index (χ1) is 9.81. The number of benzene rings is 1. The minimum absolute atomic E-state index is 0.593. The summed E-state index contributed by atoms with van der Waals surface area (Å²) in [5, 5.41) is 9.00. The van der Waals surface area contributed by atoms with E-state index >= 15 is 0 Å². The SMILES string of the molecule is Cc1nn(-c2ccccc2)c(-n2cccn2)c1CCN. The molecule has 3 aromatic rings. The molecule has 102 valence electrons. The highest BCUT2D eigenvalue weighted by Crippen LogP contribution is 2.22. The molecule has 0 saturated carbocycles. The van der Waals surface area contributed by atoms with Gasteiger partial charge >= 0.3 is 0 Å². The minimum Gasteiger partial charge on any atom is -0.330 e. The van der Waals surface area contributed by atoms with Gasteiger partial charge in [0.25, 0.3) is 0 Å². The number of hydrogen-bond acceptors (Lipinski definition) is 3. The maximum atomic E-state index is 5.73. The number of nitrogens with zero attached hydrogens (tertiary/aromatic N) is 4. The van der Waals surface area contributed by atoms with Crippen molar-refractivity contribution in [1.82, 2.24) is 19.6 Å². The van der Waals surface area contributed by atoms with Crippen molar-refractivity contribution in [3.63, 3.8) is 0 Å². The highest BCUT2D eigenvalue weighted by molar-refractivity contribution is 5.45. The number of hydrogen-bond donors (Lipinski definition) is 1. The second-order valence-electron chi connectivity index (χ2n) is 4.62. The molecule has 0 aliphatic heterocycles. The Morgan fingerprint density at radius 2 is 1.95 bits per heavy atom. The maximum absolute atomic E-state index is 5.73. The monoisotopic (exact) mass is 267 g/mol. The van der Waals surface area contributed by atoms with Gasteiger partial charge in [-0.25, -0.2) is 9.36 Å². The van der Waals surface area contributed by atoms with Gasteiger partial charge in [-0.1, -0.05) is 18.2 Å². The van der Waals surface area contributed by atoms with Crippen LogP contribution in [0.3, 0.4) is 0 Å². The fraction of sp³-hybridized carbons (Fsp3) is 0.200. The molecule has 0 atom stereocenters. The van der Waals surface area contributed by atoms with Crippen molar-refractivity contribution in [2.45, 2.75) is 13.3 Å². The Hall–Kier alpha value is -2.40. The fourth-order valence-corrected chi connectivity index (χ4v) is 2.36. The van der Waals surface area contributed by atoms with Gasteiger partial charge in [-0.15, -0.1) is 0 Å². The van der Waals surface area contributed by atoms with E-state index in [1.165, 1.54) is 0 Å². The number of aryl methyl sites for hydroxylation is 1. The molecule has 0 spiro atoms. The molecule has 0 bridgehead atoms. The summed E-state index contributed by atoms with van der Waals surface area (Å²) in [6, 6.07) is 12.0. The van der Waals surface area contributed by atoms with E-state index in [0.29, 0.717) is 6.54 Å². The molecule has 2 N–H and O–H groups in total. The lowest BCUT2D eigenvalue weighted by Gasteiger charge is -2.09. The Labute approximate surface area is 117 Å². The smallest absolute Gasteiger partial charge is 0.160 e. The molecule has 1 aromatic carbocycles. The van der Waals surface area contributed by atoms with Crippen molar-refractivity contribution in [2.24, 2.45) is 5.73 Å². The van der Waals surface area contributed by atoms with Crippen molar-refractivity contribution < 1.29 is 0 Å². The molecule has 0 aliphatic carbocycles. The zero-order valence-corrected chi connectivity index (χ0v) is 11.4. The average Bonchev–Trinajstić information content (AvgIpc) is 3.09. The molecule has 5 nitrogen and oxygen atoms in total. The number of nitrogens with two attached hydrogens (primary N) is 1. The van der Waals surface area contributed by atoms with Gasteiger partial charge < -0.3 is 5.73 Å². The predicted octanol–water partition coefficient (Wildman–Crippen LogP) is 1.87. The van der Waals surface area contributed by atoms with E-state index in [0.717, 1.165) is 29.2 Å². The number of para-hydroxylation sites is 1. The minimum atomic E-state index is 0.593. The third-order valence-corrected chi connectivity index (χ3v) is 3.27. The van der Waals surface area contributed by atoms with Gasteiger partial charge in [-0.05, 0) is 38.1 Å². The molecular formula is C15H17N5. The van der Waals surface area contributed by atoms with Gasteiger partial charge in [-0.2, -0.15) is 10.2 Å². The van der Waals surface area contributed by atoms with E-state index < -0.39 is 0 Å². The van der Waals surface area contributed by atoms with Crippen molar-refractivity contribution in [2.75, 3.05) is 6.54 Å². The van der Waals surface area contributed by atoms with Gasteiger partial charge in [0, 0.05) is 18.0 Å². The van der Waals surface area contributed by atoms with E-state index in [2.05, 4.69) is 10.2 Å². The molecule has 3 rings (SSSR count). The zero-order valence-electron chi connectivity index (χ0n) is 11.4. The fourth-order valence-electron chi connectivity index (χ4n) is 2.36. The van der Waals surface area contributed by atoms with Crippen molar-refractivity contribution in [3.05, 3.63) is 60.0 Å². The van der Waals surface area contributed by atoms with Crippen LogP contribution in [0.2, 0.25) is 0 Å². The molecule has 0 radical (unpaired) electrons. The molecule has 0 amide bonds. The van der Waals surface area contributed by atoms with Crippen molar-refractivity contribution in [3.8, 4) is 11.5 Å². The van der Waals surface area contributed by atoms with Crippen LogP contribution in [0, 0.1) is 6.92 Å². The summed E-state index contributed by atoms with van der Waals surface area (Å²) in [4.78, 5) is 0. The summed E-state index contributed by atoms with van der Waals surface area (Å²) in [6.45, 7) is 2.60. The normalized spacial score (nSPS) is 10.9. The Kier molecular flexibility index (Phi) is 3.35. The van der Waals surface area contributed by atoms with Crippen LogP contribution < -0.4 is 5.73 Å². The van der Waals surface area contributed by atoms with Crippen LogP contribution in [0.4, 0.5) is 0 Å². The second-order valence-corrected chi connectivity index (χ2v) is 4.62. The second kappa shape index (κ2) is 5.30. The van der Waals surface area contributed by atoms with E-state index in [4.69, 9.17) is 5.73 Å². The molecule has 0 aliphatic rings. The summed E-state index contributed by atoms with van der Waals surface area (Å²) >= 11 is 0. The lowest BCUT2D eigenvalue weighted by Crippen LogP contribution is -2.10. The number of rotatable bonds is 4. The topological polar surface area (TPSA) is 61.7 Å². The highest BCUT2D eigenvalue weighted by atomic mass is 15.4. The van der Waals surface area contributed by atoms with Gasteiger partial charge in [0.15, 0.2) is 5.82 Å². The Morgan fingerprint density at radius 3 is 2.60 bits per heavy atom. The van der Waals surface area contributed by atoms with E-state index in [9.17, 15) is 0 Å². The predicted molar refractivity (Wildman–Crippen MR) is 78.2 cm³/mol. The first-order valence-corrected chi connectivity index (χ1v) is 6.65. The molecule has 2 heterocycles. The Balaban J connectivity index is 2.22. The first-order valence-electron chi connectivity index (χ1n) is 6.65. The lowest BCUT2D eigenvalue weighted by molar-refractivity contribution is 0.755. The quantitative estimate of drug-likeness (QED) is 0.785. The third kappa shape index (κ3) is 2.12. The van der Waals surface area contributed by atoms with Crippen LogP contribution >= 0.6 is 0 Å². The summed E-state index contributed by atoms with van der Waals surface area (Å²) in [5.41, 5.74) is 8.88. The summed E-state index contributed by atoms with van der Waals surface area (Å²) in [7, 11) is 0. The highest BCUT2D eigenvalue weighted by Gasteiger charge is 2.17. The van der Waals surface area contributed by atoms with Gasteiger partial charge in [0.2, 0.25) is 0 Å². The summed E-state index contributed by atoms with van der Waals surface area (Å²) in [5.74, 6) is 0.962. The Morgan fingerprint density at radius 1 is 1.15 bits per heavy atom. The van der Waals surface area contributed by atoms with Crippen LogP contribution in [0.5, 0.6) is 0 Å². The van der Waals surface area contributed by atoms with Crippen LogP contribution in [-0.2, 0) is 6.42 Å².